The van der Waals surface area contributed by atoms with E-state index in [9.17, 15) is 5.11 Å². The maximum Gasteiger partial charge on any atom is 0.224 e. The summed E-state index contributed by atoms with van der Waals surface area (Å²) in [7, 11) is 0. The lowest BCUT2D eigenvalue weighted by molar-refractivity contribution is 0.0104. The number of rotatable bonds is 9. The summed E-state index contributed by atoms with van der Waals surface area (Å²) in [5, 5.41) is 15.2. The molecule has 2 aromatic heterocycles. The molecule has 0 unspecified atom stereocenters. The molecule has 2 aliphatic rings. The summed E-state index contributed by atoms with van der Waals surface area (Å²) in [4.78, 5) is 14.9. The molecule has 0 spiro atoms. The Labute approximate surface area is 234 Å². The van der Waals surface area contributed by atoms with Crippen LogP contribution < -0.4 is 5.32 Å². The summed E-state index contributed by atoms with van der Waals surface area (Å²) in [6.45, 7) is 16.5. The van der Waals surface area contributed by atoms with Crippen LogP contribution in [0.2, 0.25) is 0 Å². The Morgan fingerprint density at radius 3 is 2.38 bits per heavy atom. The lowest BCUT2D eigenvalue weighted by Crippen LogP contribution is -2.48. The summed E-state index contributed by atoms with van der Waals surface area (Å²) in [6.07, 6.45) is 10.0. The van der Waals surface area contributed by atoms with Gasteiger partial charge in [-0.1, -0.05) is 37.6 Å². The Bertz CT molecular complexity index is 1220. The van der Waals surface area contributed by atoms with Gasteiger partial charge in [0.05, 0.1) is 5.60 Å². The van der Waals surface area contributed by atoms with E-state index >= 15 is 0 Å². The topological polar surface area (TPSA) is 69.5 Å². The van der Waals surface area contributed by atoms with Gasteiger partial charge in [0.25, 0.3) is 0 Å². The van der Waals surface area contributed by atoms with Crippen LogP contribution in [0.15, 0.2) is 36.7 Å². The first-order chi connectivity index (χ1) is 18.7. The number of nitrogens with zero attached hydrogens (tertiary/aromatic N) is 5. The van der Waals surface area contributed by atoms with E-state index in [1.165, 1.54) is 16.7 Å². The molecule has 1 aromatic carbocycles. The maximum absolute atomic E-state index is 10.6. The average Bonchev–Trinajstić information content (AvgIpc) is 3.28. The molecule has 2 N–H and O–H groups in total. The van der Waals surface area contributed by atoms with Crippen molar-refractivity contribution in [1.29, 1.82) is 0 Å². The summed E-state index contributed by atoms with van der Waals surface area (Å²) in [6, 6.07) is 10.4. The highest BCUT2D eigenvalue weighted by molar-refractivity contribution is 5.94. The second kappa shape index (κ2) is 11.9. The average molecular weight is 533 g/mol. The number of fused-ring (bicyclic) bond motifs is 1. The van der Waals surface area contributed by atoms with E-state index in [4.69, 9.17) is 9.97 Å². The van der Waals surface area contributed by atoms with Crippen molar-refractivity contribution in [3.63, 3.8) is 0 Å². The molecule has 3 heterocycles. The predicted octanol–water partition coefficient (Wildman–Crippen LogP) is 6.09. The first-order valence-corrected chi connectivity index (χ1v) is 15.1. The number of aromatic nitrogens is 3. The molecule has 0 bridgehead atoms. The summed E-state index contributed by atoms with van der Waals surface area (Å²) < 4.78 is 2.36. The molecular formula is C32H48N6O. The summed E-state index contributed by atoms with van der Waals surface area (Å²) >= 11 is 0. The van der Waals surface area contributed by atoms with E-state index in [1.807, 2.05) is 13.1 Å². The van der Waals surface area contributed by atoms with E-state index in [0.717, 1.165) is 82.3 Å². The van der Waals surface area contributed by atoms with Crippen LogP contribution in [0.5, 0.6) is 0 Å². The fraction of sp³-hybridized carbons (Fsp3) is 0.625. The third-order valence-electron chi connectivity index (χ3n) is 8.90. The van der Waals surface area contributed by atoms with Gasteiger partial charge in [0.2, 0.25) is 5.95 Å². The number of aliphatic hydroxyl groups is 1. The molecule has 212 valence electrons. The highest BCUT2D eigenvalue weighted by Crippen LogP contribution is 2.39. The van der Waals surface area contributed by atoms with Crippen molar-refractivity contribution in [1.82, 2.24) is 24.3 Å². The van der Waals surface area contributed by atoms with Crippen LogP contribution in [0.25, 0.3) is 22.2 Å². The van der Waals surface area contributed by atoms with Crippen LogP contribution in [0.1, 0.15) is 84.7 Å². The molecule has 39 heavy (non-hydrogen) atoms. The first kappa shape index (κ1) is 28.1. The van der Waals surface area contributed by atoms with E-state index in [2.05, 4.69) is 77.8 Å². The Balaban J connectivity index is 1.39. The Morgan fingerprint density at radius 1 is 1.05 bits per heavy atom. The van der Waals surface area contributed by atoms with E-state index in [0.29, 0.717) is 24.1 Å². The smallest absolute Gasteiger partial charge is 0.224 e. The number of nitrogens with one attached hydrogen (secondary N) is 1. The van der Waals surface area contributed by atoms with E-state index in [-0.39, 0.29) is 0 Å². The standard InChI is InChI=1S/C32H48N6O/c1-6-7-24(4)34-31-33-20-28-29(22-38(30(28)35-31)27-12-14-32(5,39)15-13-27)26-10-8-25(9-11-26)21-36-16-18-37(19-17-36)23(2)3/h8-11,20,22-24,27,39H,6-7,12-19,21H2,1-5H3,(H,33,34,35)/t24-,27?,32?/m1/s1. The highest BCUT2D eigenvalue weighted by atomic mass is 16.3. The van der Waals surface area contributed by atoms with Crippen LogP contribution in [0, 0.1) is 0 Å². The minimum atomic E-state index is -0.559. The molecule has 1 aliphatic carbocycles. The molecule has 0 amide bonds. The third kappa shape index (κ3) is 6.64. The van der Waals surface area contributed by atoms with Crippen molar-refractivity contribution >= 4 is 17.0 Å². The second-order valence-corrected chi connectivity index (χ2v) is 12.5. The van der Waals surface area contributed by atoms with Crippen molar-refractivity contribution in [3.05, 3.63) is 42.2 Å². The Kier molecular flexibility index (Phi) is 8.60. The number of benzene rings is 1. The zero-order valence-corrected chi connectivity index (χ0v) is 24.7. The fourth-order valence-electron chi connectivity index (χ4n) is 6.32. The molecule has 7 heteroatoms. The van der Waals surface area contributed by atoms with E-state index < -0.39 is 5.60 Å². The van der Waals surface area contributed by atoms with Crippen molar-refractivity contribution < 1.29 is 5.11 Å². The predicted molar refractivity (Wildman–Crippen MR) is 161 cm³/mol. The van der Waals surface area contributed by atoms with Crippen LogP contribution in [-0.4, -0.2) is 73.3 Å². The molecule has 0 radical (unpaired) electrons. The van der Waals surface area contributed by atoms with Gasteiger partial charge in [0.1, 0.15) is 5.65 Å². The molecule has 1 aliphatic heterocycles. The van der Waals surface area contributed by atoms with Gasteiger partial charge in [0.15, 0.2) is 0 Å². The second-order valence-electron chi connectivity index (χ2n) is 12.5. The third-order valence-corrected chi connectivity index (χ3v) is 8.90. The molecule has 1 atom stereocenters. The van der Waals surface area contributed by atoms with Crippen molar-refractivity contribution in [2.75, 3.05) is 31.5 Å². The van der Waals surface area contributed by atoms with Gasteiger partial charge < -0.3 is 15.0 Å². The van der Waals surface area contributed by atoms with Crippen molar-refractivity contribution in [3.8, 4) is 11.1 Å². The largest absolute Gasteiger partial charge is 0.390 e. The van der Waals surface area contributed by atoms with Gasteiger partial charge in [-0.2, -0.15) is 4.98 Å². The van der Waals surface area contributed by atoms with E-state index in [1.54, 1.807) is 0 Å². The van der Waals surface area contributed by atoms with Gasteiger partial charge in [-0.15, -0.1) is 0 Å². The molecule has 2 fully saturated rings. The molecule has 5 rings (SSSR count). The van der Waals surface area contributed by atoms with Crippen molar-refractivity contribution in [2.45, 2.75) is 103 Å². The number of hydrogen-bond donors (Lipinski definition) is 2. The lowest BCUT2D eigenvalue weighted by Gasteiger charge is -2.36. The minimum Gasteiger partial charge on any atom is -0.390 e. The number of hydrogen-bond acceptors (Lipinski definition) is 6. The SMILES string of the molecule is CCC[C@@H](C)Nc1ncc2c(-c3ccc(CN4CCN(C(C)C)CC4)cc3)cn(C3CCC(C)(O)CC3)c2n1. The van der Waals surface area contributed by atoms with Crippen LogP contribution >= 0.6 is 0 Å². The number of anilines is 1. The first-order valence-electron chi connectivity index (χ1n) is 15.1. The van der Waals surface area contributed by atoms with Crippen molar-refractivity contribution in [2.24, 2.45) is 0 Å². The van der Waals surface area contributed by atoms with Gasteiger partial charge in [0, 0.05) is 74.2 Å². The Hall–Kier alpha value is -2.48. The summed E-state index contributed by atoms with van der Waals surface area (Å²) in [5.41, 5.74) is 4.19. The van der Waals surface area contributed by atoms with Crippen LogP contribution in [0.3, 0.4) is 0 Å². The quantitative estimate of drug-likeness (QED) is 0.348. The summed E-state index contributed by atoms with van der Waals surface area (Å²) in [5.74, 6) is 0.699. The molecular weight excluding hydrogens is 484 g/mol. The highest BCUT2D eigenvalue weighted by Gasteiger charge is 2.31. The molecule has 7 nitrogen and oxygen atoms in total. The van der Waals surface area contributed by atoms with Gasteiger partial charge in [-0.3, -0.25) is 9.80 Å². The Morgan fingerprint density at radius 2 is 1.74 bits per heavy atom. The van der Waals surface area contributed by atoms with Crippen LogP contribution in [-0.2, 0) is 6.54 Å². The van der Waals surface area contributed by atoms with Gasteiger partial charge in [-0.05, 0) is 70.9 Å². The van der Waals surface area contributed by atoms with Crippen LogP contribution in [0.4, 0.5) is 5.95 Å². The maximum atomic E-state index is 10.6. The zero-order valence-electron chi connectivity index (χ0n) is 24.7. The monoisotopic (exact) mass is 532 g/mol. The molecule has 1 saturated heterocycles. The lowest BCUT2D eigenvalue weighted by atomic mass is 9.83. The molecule has 1 saturated carbocycles. The zero-order chi connectivity index (χ0) is 27.6. The molecule has 3 aromatic rings. The van der Waals surface area contributed by atoms with Gasteiger partial charge in [-0.25, -0.2) is 4.98 Å². The van der Waals surface area contributed by atoms with Gasteiger partial charge >= 0.3 is 0 Å². The normalized spacial score (nSPS) is 23.9. The number of piperazine rings is 1. The minimum absolute atomic E-state index is 0.334. The fourth-order valence-corrected chi connectivity index (χ4v) is 6.32.